The number of nitrogens with one attached hydrogen (secondary N) is 1. The molecule has 0 saturated carbocycles. The Kier molecular flexibility index (Phi) is 9.13. The molecule has 0 saturated heterocycles. The van der Waals surface area contributed by atoms with Gasteiger partial charge in [0.1, 0.15) is 11.9 Å². The van der Waals surface area contributed by atoms with E-state index < -0.39 is 6.04 Å². The molecule has 0 aromatic heterocycles. The van der Waals surface area contributed by atoms with E-state index in [1.54, 1.807) is 26.0 Å². The average Bonchev–Trinajstić information content (AvgIpc) is 2.59. The first kappa shape index (κ1) is 21.1. The van der Waals surface area contributed by atoms with Crippen molar-refractivity contribution in [2.75, 3.05) is 13.2 Å². The molecule has 0 bridgehead atoms. The molecule has 1 atom stereocenters. The number of carbonyl (C=O) groups excluding carboxylic acids is 2. The Hall–Kier alpha value is -1.95. The van der Waals surface area contributed by atoms with Crippen molar-refractivity contribution < 1.29 is 18.7 Å². The van der Waals surface area contributed by atoms with Gasteiger partial charge in [-0.15, -0.1) is 0 Å². The van der Waals surface area contributed by atoms with Gasteiger partial charge in [0.05, 0.1) is 6.10 Å². The van der Waals surface area contributed by atoms with Gasteiger partial charge in [-0.25, -0.2) is 4.39 Å². The average molecular weight is 352 g/mol. The number of rotatable bonds is 10. The third-order valence-electron chi connectivity index (χ3n) is 3.81. The summed E-state index contributed by atoms with van der Waals surface area (Å²) in [7, 11) is 0. The summed E-state index contributed by atoms with van der Waals surface area (Å²) in [5, 5.41) is 2.84. The highest BCUT2D eigenvalue weighted by Crippen LogP contribution is 2.11. The van der Waals surface area contributed by atoms with E-state index in [0.717, 1.165) is 12.0 Å². The van der Waals surface area contributed by atoms with Gasteiger partial charge in [0.2, 0.25) is 11.8 Å². The van der Waals surface area contributed by atoms with Crippen molar-refractivity contribution in [3.63, 3.8) is 0 Å². The maximum atomic E-state index is 13.0. The van der Waals surface area contributed by atoms with Crippen LogP contribution in [0.4, 0.5) is 4.39 Å². The molecule has 1 rings (SSSR count). The minimum Gasteiger partial charge on any atom is -0.379 e. The van der Waals surface area contributed by atoms with Gasteiger partial charge in [-0.2, -0.15) is 0 Å². The molecule has 0 spiro atoms. The summed E-state index contributed by atoms with van der Waals surface area (Å²) in [4.78, 5) is 26.1. The molecule has 2 amide bonds. The lowest BCUT2D eigenvalue weighted by atomic mass is 10.1. The van der Waals surface area contributed by atoms with Crippen molar-refractivity contribution in [3.8, 4) is 0 Å². The molecule has 1 aromatic rings. The van der Waals surface area contributed by atoms with E-state index >= 15 is 0 Å². The number of carbonyl (C=O) groups is 2. The second kappa shape index (κ2) is 10.8. The summed E-state index contributed by atoms with van der Waals surface area (Å²) in [6.07, 6.45) is 1.19. The molecule has 0 radical (unpaired) electrons. The van der Waals surface area contributed by atoms with Crippen LogP contribution in [0.2, 0.25) is 0 Å². The zero-order valence-electron chi connectivity index (χ0n) is 15.5. The topological polar surface area (TPSA) is 58.6 Å². The molecule has 0 fully saturated rings. The van der Waals surface area contributed by atoms with Gasteiger partial charge in [0.15, 0.2) is 0 Å². The number of hydrogen-bond donors (Lipinski definition) is 1. The molecule has 25 heavy (non-hydrogen) atoms. The van der Waals surface area contributed by atoms with E-state index in [-0.39, 0.29) is 30.3 Å². The summed E-state index contributed by atoms with van der Waals surface area (Å²) >= 11 is 0. The standard InChI is InChI=1S/C19H29FN2O3/c1-5-18(23)22(13-16-7-9-17(20)10-8-16)15(4)19(24)21-11-6-12-25-14(2)3/h7-10,14-15H,5-6,11-13H2,1-4H3,(H,21,24)/t15-/m1/s1. The van der Waals surface area contributed by atoms with Gasteiger partial charge in [-0.3, -0.25) is 9.59 Å². The predicted octanol–water partition coefficient (Wildman–Crippen LogP) is 2.88. The zero-order chi connectivity index (χ0) is 18.8. The Labute approximate surface area is 149 Å². The molecule has 6 heteroatoms. The van der Waals surface area contributed by atoms with Crippen molar-refractivity contribution in [1.82, 2.24) is 10.2 Å². The van der Waals surface area contributed by atoms with Gasteiger partial charge in [-0.05, 0) is 44.9 Å². The van der Waals surface area contributed by atoms with Crippen LogP contribution in [0.15, 0.2) is 24.3 Å². The molecule has 0 heterocycles. The van der Waals surface area contributed by atoms with E-state index in [4.69, 9.17) is 4.74 Å². The van der Waals surface area contributed by atoms with Crippen molar-refractivity contribution >= 4 is 11.8 Å². The van der Waals surface area contributed by atoms with Crippen LogP contribution >= 0.6 is 0 Å². The number of halogens is 1. The Balaban J connectivity index is 2.60. The van der Waals surface area contributed by atoms with Crippen LogP contribution in [0.5, 0.6) is 0 Å². The fraction of sp³-hybridized carbons (Fsp3) is 0.579. The lowest BCUT2D eigenvalue weighted by molar-refractivity contribution is -0.140. The first-order valence-electron chi connectivity index (χ1n) is 8.78. The third-order valence-corrected chi connectivity index (χ3v) is 3.81. The van der Waals surface area contributed by atoms with Gasteiger partial charge in [0, 0.05) is 26.1 Å². The molecule has 0 aliphatic heterocycles. The number of hydrogen-bond acceptors (Lipinski definition) is 3. The smallest absolute Gasteiger partial charge is 0.242 e. The SMILES string of the molecule is CCC(=O)N(Cc1ccc(F)cc1)[C@H](C)C(=O)NCCCOC(C)C. The maximum Gasteiger partial charge on any atom is 0.242 e. The van der Waals surface area contributed by atoms with Gasteiger partial charge >= 0.3 is 0 Å². The van der Waals surface area contributed by atoms with E-state index in [1.807, 2.05) is 13.8 Å². The summed E-state index contributed by atoms with van der Waals surface area (Å²) in [6, 6.07) is 5.36. The second-order valence-electron chi connectivity index (χ2n) is 6.24. The monoisotopic (exact) mass is 352 g/mol. The summed E-state index contributed by atoms with van der Waals surface area (Å²) in [6.45, 7) is 8.75. The lowest BCUT2D eigenvalue weighted by Gasteiger charge is -2.28. The fourth-order valence-electron chi connectivity index (χ4n) is 2.32. The van der Waals surface area contributed by atoms with Crippen molar-refractivity contribution in [2.24, 2.45) is 0 Å². The summed E-state index contributed by atoms with van der Waals surface area (Å²) in [5.74, 6) is -0.643. The van der Waals surface area contributed by atoms with Gasteiger partial charge in [-0.1, -0.05) is 19.1 Å². The second-order valence-corrected chi connectivity index (χ2v) is 6.24. The molecular formula is C19H29FN2O3. The first-order valence-corrected chi connectivity index (χ1v) is 8.78. The normalized spacial score (nSPS) is 12.1. The van der Waals surface area contributed by atoms with E-state index in [0.29, 0.717) is 19.6 Å². The number of amides is 2. The van der Waals surface area contributed by atoms with Crippen LogP contribution in [-0.4, -0.2) is 42.0 Å². The molecule has 1 aromatic carbocycles. The lowest BCUT2D eigenvalue weighted by Crippen LogP contribution is -2.47. The van der Waals surface area contributed by atoms with Crippen LogP contribution < -0.4 is 5.32 Å². The van der Waals surface area contributed by atoms with Gasteiger partial charge < -0.3 is 15.0 Å². The highest BCUT2D eigenvalue weighted by Gasteiger charge is 2.24. The van der Waals surface area contributed by atoms with E-state index in [9.17, 15) is 14.0 Å². The first-order chi connectivity index (χ1) is 11.8. The molecule has 5 nitrogen and oxygen atoms in total. The molecule has 0 aliphatic carbocycles. The van der Waals surface area contributed by atoms with Gasteiger partial charge in [0.25, 0.3) is 0 Å². The van der Waals surface area contributed by atoms with Crippen LogP contribution in [-0.2, 0) is 20.9 Å². The number of nitrogens with zero attached hydrogens (tertiary/aromatic N) is 1. The van der Waals surface area contributed by atoms with E-state index in [2.05, 4.69) is 5.32 Å². The minimum atomic E-state index is -0.594. The van der Waals surface area contributed by atoms with Crippen molar-refractivity contribution in [1.29, 1.82) is 0 Å². The third kappa shape index (κ3) is 7.65. The summed E-state index contributed by atoms with van der Waals surface area (Å²) < 4.78 is 18.5. The molecule has 0 unspecified atom stereocenters. The predicted molar refractivity (Wildman–Crippen MR) is 95.4 cm³/mol. The number of benzene rings is 1. The highest BCUT2D eigenvalue weighted by atomic mass is 19.1. The molecule has 1 N–H and O–H groups in total. The van der Waals surface area contributed by atoms with Crippen molar-refractivity contribution in [2.45, 2.75) is 59.2 Å². The Morgan fingerprint density at radius 3 is 2.40 bits per heavy atom. The zero-order valence-corrected chi connectivity index (χ0v) is 15.5. The Morgan fingerprint density at radius 1 is 1.20 bits per heavy atom. The highest BCUT2D eigenvalue weighted by molar-refractivity contribution is 5.87. The van der Waals surface area contributed by atoms with Crippen LogP contribution in [0.25, 0.3) is 0 Å². The molecule has 140 valence electrons. The Morgan fingerprint density at radius 2 is 1.84 bits per heavy atom. The minimum absolute atomic E-state index is 0.116. The molecular weight excluding hydrogens is 323 g/mol. The van der Waals surface area contributed by atoms with Crippen LogP contribution in [0.3, 0.4) is 0 Å². The summed E-state index contributed by atoms with van der Waals surface area (Å²) in [5.41, 5.74) is 0.785. The quantitative estimate of drug-likeness (QED) is 0.659. The maximum absolute atomic E-state index is 13.0. The van der Waals surface area contributed by atoms with E-state index in [1.165, 1.54) is 17.0 Å². The van der Waals surface area contributed by atoms with Crippen LogP contribution in [0, 0.1) is 5.82 Å². The molecule has 0 aliphatic rings. The number of ether oxygens (including phenoxy) is 1. The Bertz CT molecular complexity index is 546. The fourth-order valence-corrected chi connectivity index (χ4v) is 2.32. The van der Waals surface area contributed by atoms with Crippen LogP contribution in [0.1, 0.15) is 46.1 Å². The van der Waals surface area contributed by atoms with Crippen molar-refractivity contribution in [3.05, 3.63) is 35.6 Å². The largest absolute Gasteiger partial charge is 0.379 e.